The number of nitrogens with one attached hydrogen (secondary N) is 1. The fourth-order valence-electron chi connectivity index (χ4n) is 5.32. The molecule has 5 rings (SSSR count). The summed E-state index contributed by atoms with van der Waals surface area (Å²) in [5.74, 6) is -0.852. The molecule has 1 aliphatic rings. The van der Waals surface area contributed by atoms with Crippen LogP contribution in [-0.2, 0) is 17.9 Å². The number of carbonyl (C=O) groups is 2. The van der Waals surface area contributed by atoms with E-state index in [0.717, 1.165) is 65.0 Å². The molecule has 9 nitrogen and oxygen atoms in total. The number of aromatic amines is 1. The molecule has 2 heterocycles. The molecule has 0 saturated heterocycles. The Morgan fingerprint density at radius 3 is 2.61 bits per heavy atom. The van der Waals surface area contributed by atoms with Gasteiger partial charge in [0.2, 0.25) is 5.91 Å². The van der Waals surface area contributed by atoms with Crippen LogP contribution < -0.4 is 11.5 Å². The van der Waals surface area contributed by atoms with Crippen LogP contribution in [0.2, 0.25) is 0 Å². The first-order valence-electron chi connectivity index (χ1n) is 13.8. The molecule has 0 atom stereocenters. The molecule has 1 aliphatic heterocycles. The molecule has 2 amide bonds. The van der Waals surface area contributed by atoms with Crippen LogP contribution in [0, 0.1) is 0 Å². The van der Waals surface area contributed by atoms with Crippen LogP contribution in [0.1, 0.15) is 28.4 Å². The van der Waals surface area contributed by atoms with Crippen LogP contribution in [0.4, 0.5) is 5.69 Å². The highest BCUT2D eigenvalue weighted by atomic mass is 16.2. The molecule has 0 bridgehead atoms. The van der Waals surface area contributed by atoms with Gasteiger partial charge in [-0.1, -0.05) is 43.8 Å². The van der Waals surface area contributed by atoms with Crippen molar-refractivity contribution < 1.29 is 9.59 Å². The Morgan fingerprint density at radius 1 is 1.07 bits per heavy atom. The molecule has 41 heavy (non-hydrogen) atoms. The molecule has 4 aromatic rings. The Kier molecular flexibility index (Phi) is 7.92. The van der Waals surface area contributed by atoms with Crippen molar-refractivity contribution in [2.24, 2.45) is 5.73 Å². The van der Waals surface area contributed by atoms with E-state index in [1.54, 1.807) is 11.0 Å². The molecule has 3 aromatic carbocycles. The number of rotatable bonds is 11. The molecule has 1 aromatic heterocycles. The van der Waals surface area contributed by atoms with Crippen molar-refractivity contribution in [3.63, 3.8) is 0 Å². The van der Waals surface area contributed by atoms with Crippen LogP contribution in [0.3, 0.4) is 0 Å². The summed E-state index contributed by atoms with van der Waals surface area (Å²) >= 11 is 0. The first-order valence-corrected chi connectivity index (χ1v) is 13.8. The lowest BCUT2D eigenvalue weighted by atomic mass is 9.94. The lowest BCUT2D eigenvalue weighted by Crippen LogP contribution is -2.30. The Bertz CT molecular complexity index is 1640. The van der Waals surface area contributed by atoms with Gasteiger partial charge in [-0.25, -0.2) is 0 Å². The number of anilines is 1. The zero-order valence-corrected chi connectivity index (χ0v) is 23.9. The molecule has 9 heteroatoms. The van der Waals surface area contributed by atoms with E-state index in [-0.39, 0.29) is 18.0 Å². The highest BCUT2D eigenvalue weighted by Crippen LogP contribution is 2.38. The van der Waals surface area contributed by atoms with E-state index in [2.05, 4.69) is 77.9 Å². The van der Waals surface area contributed by atoms with E-state index in [9.17, 15) is 9.59 Å². The van der Waals surface area contributed by atoms with Gasteiger partial charge in [0, 0.05) is 48.4 Å². The maximum atomic E-state index is 13.2. The van der Waals surface area contributed by atoms with Crippen LogP contribution in [-0.4, -0.2) is 77.0 Å². The zero-order chi connectivity index (χ0) is 29.3. The second-order valence-electron chi connectivity index (χ2n) is 10.9. The summed E-state index contributed by atoms with van der Waals surface area (Å²) < 4.78 is 0. The highest BCUT2D eigenvalue weighted by Gasteiger charge is 2.32. The molecular weight excluding hydrogens is 514 g/mol. The van der Waals surface area contributed by atoms with Gasteiger partial charge >= 0.3 is 0 Å². The average molecular weight is 552 g/mol. The molecule has 0 aliphatic carbocycles. The average Bonchev–Trinajstić information content (AvgIpc) is 3.53. The van der Waals surface area contributed by atoms with E-state index in [4.69, 9.17) is 11.5 Å². The van der Waals surface area contributed by atoms with Crippen LogP contribution in [0.15, 0.2) is 66.7 Å². The number of benzene rings is 3. The number of likely N-dealkylation sites (N-methyl/N-ethyl adjacent to an activating group) is 2. The summed E-state index contributed by atoms with van der Waals surface area (Å²) in [6, 6.07) is 18.4. The van der Waals surface area contributed by atoms with E-state index in [0.29, 0.717) is 17.8 Å². The number of nitrogens with two attached hydrogens (primary N) is 2. The van der Waals surface area contributed by atoms with Gasteiger partial charge in [0.05, 0.1) is 23.3 Å². The van der Waals surface area contributed by atoms with Gasteiger partial charge in [-0.15, -0.1) is 0 Å². The minimum atomic E-state index is -0.625. The third-order valence-corrected chi connectivity index (χ3v) is 7.86. The van der Waals surface area contributed by atoms with Crippen molar-refractivity contribution in [1.82, 2.24) is 24.9 Å². The molecule has 212 valence electrons. The molecule has 0 fully saturated rings. The fraction of sp³-hybridized carbons (Fsp3) is 0.281. The molecule has 0 unspecified atom stereocenters. The standard InChI is InChI=1S/C32H37N7O2/c1-5-37(3)13-14-38(4)18-21-7-6-8-23(15-21)30-25-16-22(9-12-28(25)35-36-30)24-10-11-27(33)29-26(24)19-39(32(29)41)17-20(2)31(34)40/h6-12,15-16H,2,5,13-14,17-19,33H2,1,3-4H3,(H2,34,40)(H,35,36). The lowest BCUT2D eigenvalue weighted by molar-refractivity contribution is -0.114. The topological polar surface area (TPSA) is 125 Å². The molecule has 0 spiro atoms. The van der Waals surface area contributed by atoms with E-state index in [1.165, 1.54) is 5.56 Å². The number of H-pyrrole nitrogens is 1. The van der Waals surface area contributed by atoms with Gasteiger partial charge in [-0.2, -0.15) is 5.10 Å². The number of carbonyl (C=O) groups excluding carboxylic acids is 2. The summed E-state index contributed by atoms with van der Waals surface area (Å²) in [7, 11) is 4.28. The molecule has 0 saturated carbocycles. The second kappa shape index (κ2) is 11.6. The Labute approximate surface area is 240 Å². The summed E-state index contributed by atoms with van der Waals surface area (Å²) in [4.78, 5) is 31.0. The Balaban J connectivity index is 1.45. The first-order chi connectivity index (χ1) is 19.7. The number of hydrogen-bond donors (Lipinski definition) is 3. The van der Waals surface area contributed by atoms with Crippen molar-refractivity contribution in [2.45, 2.75) is 20.0 Å². The monoisotopic (exact) mass is 551 g/mol. The third-order valence-electron chi connectivity index (χ3n) is 7.86. The number of amides is 2. The molecule has 0 radical (unpaired) electrons. The normalized spacial score (nSPS) is 13.0. The maximum absolute atomic E-state index is 13.2. The number of aromatic nitrogens is 2. The number of nitrogen functional groups attached to an aromatic ring is 1. The van der Waals surface area contributed by atoms with Gasteiger partial charge in [0.15, 0.2) is 0 Å². The van der Waals surface area contributed by atoms with Crippen LogP contribution >= 0.6 is 0 Å². The first kappa shape index (κ1) is 28.1. The zero-order valence-electron chi connectivity index (χ0n) is 23.9. The lowest BCUT2D eigenvalue weighted by Gasteiger charge is -2.21. The summed E-state index contributed by atoms with van der Waals surface area (Å²) in [5.41, 5.74) is 19.4. The van der Waals surface area contributed by atoms with Crippen molar-refractivity contribution >= 4 is 28.4 Å². The van der Waals surface area contributed by atoms with Gasteiger partial charge < -0.3 is 26.2 Å². The van der Waals surface area contributed by atoms with Crippen LogP contribution in [0.5, 0.6) is 0 Å². The van der Waals surface area contributed by atoms with E-state index >= 15 is 0 Å². The van der Waals surface area contributed by atoms with Crippen molar-refractivity contribution in [3.8, 4) is 22.4 Å². The van der Waals surface area contributed by atoms with E-state index in [1.807, 2.05) is 18.2 Å². The summed E-state index contributed by atoms with van der Waals surface area (Å²) in [6.45, 7) is 10.2. The van der Waals surface area contributed by atoms with E-state index < -0.39 is 5.91 Å². The Morgan fingerprint density at radius 2 is 1.85 bits per heavy atom. The van der Waals surface area contributed by atoms with Gasteiger partial charge in [-0.05, 0) is 67.2 Å². The number of hydrogen-bond acceptors (Lipinski definition) is 6. The molecule has 5 N–H and O–H groups in total. The van der Waals surface area contributed by atoms with Gasteiger partial charge in [0.25, 0.3) is 5.91 Å². The maximum Gasteiger partial charge on any atom is 0.256 e. The van der Waals surface area contributed by atoms with Gasteiger partial charge in [0.1, 0.15) is 0 Å². The number of primary amides is 1. The SMILES string of the molecule is C=C(CN1Cc2c(-c3ccc4[nH]nc(-c5cccc(CN(C)CCN(C)CC)c5)c4c3)ccc(N)c2C1=O)C(N)=O. The quantitative estimate of drug-likeness (QED) is 0.192. The Hall–Kier alpha value is -4.47. The molecular formula is C32H37N7O2. The predicted octanol–water partition coefficient (Wildman–Crippen LogP) is 3.86. The van der Waals surface area contributed by atoms with Crippen LogP contribution in [0.25, 0.3) is 33.3 Å². The third kappa shape index (κ3) is 5.73. The number of nitrogens with zero attached hydrogens (tertiary/aromatic N) is 4. The predicted molar refractivity (Wildman–Crippen MR) is 164 cm³/mol. The smallest absolute Gasteiger partial charge is 0.256 e. The summed E-state index contributed by atoms with van der Waals surface area (Å²) in [5, 5.41) is 8.83. The van der Waals surface area contributed by atoms with Crippen molar-refractivity contribution in [3.05, 3.63) is 83.4 Å². The number of fused-ring (bicyclic) bond motifs is 2. The fourth-order valence-corrected chi connectivity index (χ4v) is 5.32. The van der Waals surface area contributed by atoms with Crippen molar-refractivity contribution in [2.75, 3.05) is 46.0 Å². The largest absolute Gasteiger partial charge is 0.398 e. The van der Waals surface area contributed by atoms with Gasteiger partial charge in [-0.3, -0.25) is 14.7 Å². The summed E-state index contributed by atoms with van der Waals surface area (Å²) in [6.07, 6.45) is 0. The highest BCUT2D eigenvalue weighted by molar-refractivity contribution is 6.06. The second-order valence-corrected chi connectivity index (χ2v) is 10.9. The minimum Gasteiger partial charge on any atom is -0.398 e. The minimum absolute atomic E-state index is 0.0630. The van der Waals surface area contributed by atoms with Crippen molar-refractivity contribution in [1.29, 1.82) is 0 Å².